The smallest absolute Gasteiger partial charge is 0.244 e. The molecule has 0 aliphatic heterocycles. The fourth-order valence-electron chi connectivity index (χ4n) is 1.99. The first-order valence-electron chi connectivity index (χ1n) is 6.92. The molecule has 2 rings (SSSR count). The number of carbonyl (C=O) groups excluding carboxylic acids is 1. The number of hydrogen-bond acceptors (Lipinski definition) is 1. The van der Waals surface area contributed by atoms with Crippen molar-refractivity contribution < 1.29 is 9.18 Å². The molecule has 0 saturated carbocycles. The van der Waals surface area contributed by atoms with E-state index < -0.39 is 0 Å². The Hall–Kier alpha value is -2.42. The van der Waals surface area contributed by atoms with Crippen molar-refractivity contribution in [2.24, 2.45) is 0 Å². The van der Waals surface area contributed by atoms with Crippen molar-refractivity contribution in [3.63, 3.8) is 0 Å². The van der Waals surface area contributed by atoms with Crippen molar-refractivity contribution in [2.45, 2.75) is 12.8 Å². The van der Waals surface area contributed by atoms with Crippen molar-refractivity contribution in [1.29, 1.82) is 0 Å². The molecule has 0 aromatic heterocycles. The van der Waals surface area contributed by atoms with Crippen molar-refractivity contribution in [2.75, 3.05) is 6.54 Å². The maximum atomic E-state index is 13.4. The second kappa shape index (κ2) is 7.39. The largest absolute Gasteiger partial charge is 0.352 e. The summed E-state index contributed by atoms with van der Waals surface area (Å²) in [6, 6.07) is 16.3. The number of hydrogen-bond donors (Lipinski definition) is 1. The molecule has 21 heavy (non-hydrogen) atoms. The fraction of sp³-hybridized carbons (Fsp3) is 0.167. The third-order valence-corrected chi connectivity index (χ3v) is 3.27. The van der Waals surface area contributed by atoms with Crippen molar-refractivity contribution in [1.82, 2.24) is 5.32 Å². The Balaban J connectivity index is 1.87. The van der Waals surface area contributed by atoms with Gasteiger partial charge in [0, 0.05) is 18.2 Å². The summed E-state index contributed by atoms with van der Waals surface area (Å²) in [5.41, 5.74) is 1.58. The van der Waals surface area contributed by atoms with Gasteiger partial charge in [0.05, 0.1) is 0 Å². The highest BCUT2D eigenvalue weighted by Crippen LogP contribution is 2.13. The monoisotopic (exact) mass is 283 g/mol. The Kier molecular flexibility index (Phi) is 5.27. The van der Waals surface area contributed by atoms with Crippen LogP contribution in [-0.4, -0.2) is 12.5 Å². The molecule has 3 heteroatoms. The van der Waals surface area contributed by atoms with Crippen LogP contribution in [0.4, 0.5) is 4.39 Å². The molecular formula is C18H18FNO. The first-order chi connectivity index (χ1) is 10.2. The number of rotatable bonds is 5. The lowest BCUT2D eigenvalue weighted by Crippen LogP contribution is -2.25. The van der Waals surface area contributed by atoms with Gasteiger partial charge in [-0.2, -0.15) is 0 Å². The number of amides is 1. The number of carbonyl (C=O) groups is 1. The zero-order chi connectivity index (χ0) is 15.1. The van der Waals surface area contributed by atoms with Gasteiger partial charge in [-0.15, -0.1) is 0 Å². The maximum absolute atomic E-state index is 13.4. The third kappa shape index (κ3) is 4.56. The van der Waals surface area contributed by atoms with Crippen LogP contribution in [0.1, 0.15) is 24.0 Å². The van der Waals surface area contributed by atoms with Gasteiger partial charge >= 0.3 is 0 Å². The first kappa shape index (κ1) is 15.0. The molecule has 2 aromatic rings. The molecule has 0 aliphatic rings. The highest BCUT2D eigenvalue weighted by atomic mass is 19.1. The topological polar surface area (TPSA) is 29.1 Å². The summed E-state index contributed by atoms with van der Waals surface area (Å²) in [4.78, 5) is 11.7. The van der Waals surface area contributed by atoms with Crippen LogP contribution in [0.2, 0.25) is 0 Å². The van der Waals surface area contributed by atoms with Crippen LogP contribution in [-0.2, 0) is 4.79 Å². The minimum Gasteiger partial charge on any atom is -0.352 e. The van der Waals surface area contributed by atoms with Crippen molar-refractivity contribution in [3.05, 3.63) is 77.6 Å². The van der Waals surface area contributed by atoms with Gasteiger partial charge in [0.2, 0.25) is 5.91 Å². The van der Waals surface area contributed by atoms with Crippen molar-refractivity contribution in [3.8, 4) is 0 Å². The van der Waals surface area contributed by atoms with E-state index in [4.69, 9.17) is 0 Å². The van der Waals surface area contributed by atoms with E-state index in [9.17, 15) is 9.18 Å². The molecule has 0 saturated heterocycles. The fourth-order valence-corrected chi connectivity index (χ4v) is 1.99. The number of halogens is 1. The Bertz CT molecular complexity index is 622. The molecule has 1 N–H and O–H groups in total. The quantitative estimate of drug-likeness (QED) is 0.832. The molecule has 0 radical (unpaired) electrons. The molecule has 0 unspecified atom stereocenters. The van der Waals surface area contributed by atoms with Crippen LogP contribution in [0.15, 0.2) is 60.7 Å². The molecule has 0 fully saturated rings. The van der Waals surface area contributed by atoms with Crippen LogP contribution in [0.5, 0.6) is 0 Å². The van der Waals surface area contributed by atoms with E-state index in [1.807, 2.05) is 30.3 Å². The lowest BCUT2D eigenvalue weighted by Gasteiger charge is -2.11. The summed E-state index contributed by atoms with van der Waals surface area (Å²) in [6.45, 7) is 2.60. The second-order valence-corrected chi connectivity index (χ2v) is 4.91. The van der Waals surface area contributed by atoms with E-state index in [2.05, 4.69) is 12.2 Å². The lowest BCUT2D eigenvalue weighted by atomic mass is 10.0. The Morgan fingerprint density at radius 2 is 1.81 bits per heavy atom. The summed E-state index contributed by atoms with van der Waals surface area (Å²) in [5, 5.41) is 2.82. The Labute approximate surface area is 124 Å². The molecule has 1 amide bonds. The highest BCUT2D eigenvalue weighted by Gasteiger charge is 2.05. The van der Waals surface area contributed by atoms with E-state index in [1.54, 1.807) is 18.2 Å². The zero-order valence-electron chi connectivity index (χ0n) is 11.9. The van der Waals surface area contributed by atoms with E-state index in [1.165, 1.54) is 23.8 Å². The van der Waals surface area contributed by atoms with E-state index >= 15 is 0 Å². The average Bonchev–Trinajstić information content (AvgIpc) is 2.52. The van der Waals surface area contributed by atoms with Gasteiger partial charge in [-0.1, -0.05) is 55.5 Å². The highest BCUT2D eigenvalue weighted by molar-refractivity contribution is 5.91. The van der Waals surface area contributed by atoms with Gasteiger partial charge in [0.15, 0.2) is 0 Å². The Morgan fingerprint density at radius 1 is 1.14 bits per heavy atom. The molecule has 0 bridgehead atoms. The molecular weight excluding hydrogens is 265 g/mol. The maximum Gasteiger partial charge on any atom is 0.244 e. The standard InChI is InChI=1S/C18H18FNO/c1-14(15-7-3-2-4-8-15)13-20-18(21)12-11-16-9-5-6-10-17(16)19/h2-12,14H,13H2,1H3,(H,20,21)/b12-11+/t14-/m1/s1. The van der Waals surface area contributed by atoms with Crippen molar-refractivity contribution >= 4 is 12.0 Å². The normalized spacial score (nSPS) is 12.3. The number of nitrogens with one attached hydrogen (secondary N) is 1. The minimum atomic E-state index is -0.334. The molecule has 2 aromatic carbocycles. The summed E-state index contributed by atoms with van der Waals surface area (Å²) in [5.74, 6) is -0.322. The Morgan fingerprint density at radius 3 is 2.52 bits per heavy atom. The van der Waals surface area contributed by atoms with Gasteiger partial charge in [0.25, 0.3) is 0 Å². The molecule has 2 nitrogen and oxygen atoms in total. The zero-order valence-corrected chi connectivity index (χ0v) is 11.9. The SMILES string of the molecule is C[C@H](CNC(=O)/C=C/c1ccccc1F)c1ccccc1. The van der Waals surface area contributed by atoms with E-state index in [0.717, 1.165) is 0 Å². The van der Waals surface area contributed by atoms with Crippen LogP contribution in [0, 0.1) is 5.82 Å². The first-order valence-corrected chi connectivity index (χ1v) is 6.92. The third-order valence-electron chi connectivity index (χ3n) is 3.27. The number of benzene rings is 2. The van der Waals surface area contributed by atoms with Crippen LogP contribution in [0.3, 0.4) is 0 Å². The summed E-state index contributed by atoms with van der Waals surface area (Å²) < 4.78 is 13.4. The predicted octanol–water partition coefficient (Wildman–Crippen LogP) is 3.76. The summed E-state index contributed by atoms with van der Waals surface area (Å²) in [6.07, 6.45) is 2.84. The molecule has 1 atom stereocenters. The second-order valence-electron chi connectivity index (χ2n) is 4.91. The van der Waals surface area contributed by atoms with Crippen LogP contribution in [0.25, 0.3) is 6.08 Å². The van der Waals surface area contributed by atoms with Gasteiger partial charge in [-0.05, 0) is 23.6 Å². The van der Waals surface area contributed by atoms with Crippen LogP contribution >= 0.6 is 0 Å². The van der Waals surface area contributed by atoms with Gasteiger partial charge in [0.1, 0.15) is 5.82 Å². The van der Waals surface area contributed by atoms with Crippen LogP contribution < -0.4 is 5.32 Å². The molecule has 0 spiro atoms. The average molecular weight is 283 g/mol. The van der Waals surface area contributed by atoms with Gasteiger partial charge in [-0.3, -0.25) is 4.79 Å². The minimum absolute atomic E-state index is 0.221. The van der Waals surface area contributed by atoms with E-state index in [0.29, 0.717) is 12.1 Å². The van der Waals surface area contributed by atoms with Gasteiger partial charge in [-0.25, -0.2) is 4.39 Å². The van der Waals surface area contributed by atoms with E-state index in [-0.39, 0.29) is 17.6 Å². The summed E-state index contributed by atoms with van der Waals surface area (Å²) >= 11 is 0. The van der Waals surface area contributed by atoms with Gasteiger partial charge < -0.3 is 5.32 Å². The lowest BCUT2D eigenvalue weighted by molar-refractivity contribution is -0.116. The molecule has 0 aliphatic carbocycles. The molecule has 108 valence electrons. The summed E-state index contributed by atoms with van der Waals surface area (Å²) in [7, 11) is 0. The predicted molar refractivity (Wildman–Crippen MR) is 83.3 cm³/mol. The molecule has 0 heterocycles.